The van der Waals surface area contributed by atoms with Crippen LogP contribution in [-0.4, -0.2) is 44.8 Å². The molecule has 0 amide bonds. The normalized spacial score (nSPS) is 47.2. The van der Waals surface area contributed by atoms with Gasteiger partial charge in [-0.15, -0.1) is 0 Å². The van der Waals surface area contributed by atoms with E-state index in [9.17, 15) is 20.4 Å². The number of fused-ring (bicyclic) bond motifs is 10. The molecule has 22 heavy (non-hydrogen) atoms. The molecule has 0 aromatic heterocycles. The molecular formula is C16H18O6. The van der Waals surface area contributed by atoms with E-state index in [2.05, 4.69) is 0 Å². The lowest BCUT2D eigenvalue weighted by atomic mass is 9.74. The van der Waals surface area contributed by atoms with Crippen LogP contribution in [0.5, 0.6) is 0 Å². The summed E-state index contributed by atoms with van der Waals surface area (Å²) in [5.41, 5.74) is 5.53. The molecule has 2 saturated heterocycles. The molecule has 8 atom stereocenters. The van der Waals surface area contributed by atoms with Gasteiger partial charge in [0.25, 0.3) is 0 Å². The zero-order chi connectivity index (χ0) is 15.5. The molecule has 6 nitrogen and oxygen atoms in total. The topological polar surface area (TPSA) is 99.4 Å². The second-order valence-corrected chi connectivity index (χ2v) is 6.82. The van der Waals surface area contributed by atoms with Crippen molar-refractivity contribution in [3.8, 4) is 0 Å². The van der Waals surface area contributed by atoms with Crippen molar-refractivity contribution in [2.75, 3.05) is 0 Å². The van der Waals surface area contributed by atoms with Crippen LogP contribution in [0.4, 0.5) is 0 Å². The molecule has 0 radical (unpaired) electrons. The van der Waals surface area contributed by atoms with E-state index in [0.717, 1.165) is 33.4 Å². The van der Waals surface area contributed by atoms with Crippen LogP contribution in [0.15, 0.2) is 0 Å². The van der Waals surface area contributed by atoms with Gasteiger partial charge in [0.15, 0.2) is 0 Å². The summed E-state index contributed by atoms with van der Waals surface area (Å²) in [6.45, 7) is 3.87. The fourth-order valence-corrected chi connectivity index (χ4v) is 4.87. The predicted molar refractivity (Wildman–Crippen MR) is 73.1 cm³/mol. The Balaban J connectivity index is 1.80. The van der Waals surface area contributed by atoms with E-state index in [0.29, 0.717) is 0 Å². The highest BCUT2D eigenvalue weighted by atomic mass is 16.6. The molecule has 4 aliphatic rings. The molecule has 1 aromatic carbocycles. The minimum absolute atomic E-state index is 0.528. The number of rotatable bonds is 0. The lowest BCUT2D eigenvalue weighted by Gasteiger charge is -2.31. The van der Waals surface area contributed by atoms with Crippen LogP contribution in [0, 0.1) is 13.8 Å². The van der Waals surface area contributed by atoms with Gasteiger partial charge in [0.2, 0.25) is 0 Å². The lowest BCUT2D eigenvalue weighted by molar-refractivity contribution is 0.0186. The average Bonchev–Trinajstić information content (AvgIpc) is 3.20. The Morgan fingerprint density at radius 3 is 1.00 bits per heavy atom. The molecule has 0 unspecified atom stereocenters. The average molecular weight is 306 g/mol. The number of ether oxygens (including phenoxy) is 2. The molecule has 4 N–H and O–H groups in total. The van der Waals surface area contributed by atoms with Crippen molar-refractivity contribution in [2.24, 2.45) is 0 Å². The van der Waals surface area contributed by atoms with E-state index >= 15 is 0 Å². The summed E-state index contributed by atoms with van der Waals surface area (Å²) < 4.78 is 11.6. The maximum absolute atomic E-state index is 10.1. The van der Waals surface area contributed by atoms with E-state index in [1.807, 2.05) is 13.8 Å². The molecule has 0 saturated carbocycles. The van der Waals surface area contributed by atoms with Gasteiger partial charge in [-0.05, 0) is 47.2 Å². The standard InChI is InChI=1S/C16H18O6/c1-3-5-7(15-11(19)9(17)13(5)21-15)4(2)8-6(3)14-10(18)12(20)16(8)22-14/h9-20H,1-2H3/t9-,10-,11+,12+,13+,14+,15-,16-. The van der Waals surface area contributed by atoms with Crippen LogP contribution < -0.4 is 0 Å². The SMILES string of the molecule is Cc1c2c(c(C)c3c1[C@H]1O[C@@H]3[C@H](O)[C@@H]1O)[C@@H]1O[C@H]2[C@@H](O)[C@H]1O. The van der Waals surface area contributed by atoms with Crippen molar-refractivity contribution >= 4 is 0 Å². The van der Waals surface area contributed by atoms with Gasteiger partial charge in [-0.1, -0.05) is 0 Å². The molecule has 0 aliphatic carbocycles. The smallest absolute Gasteiger partial charge is 0.113 e. The van der Waals surface area contributed by atoms with Crippen LogP contribution in [0.3, 0.4) is 0 Å². The Morgan fingerprint density at radius 2 is 0.773 bits per heavy atom. The second kappa shape index (κ2) is 3.90. The fourth-order valence-electron chi connectivity index (χ4n) is 4.87. The van der Waals surface area contributed by atoms with Crippen molar-refractivity contribution in [2.45, 2.75) is 62.7 Å². The zero-order valence-corrected chi connectivity index (χ0v) is 12.2. The molecule has 1 aromatic rings. The molecule has 2 fully saturated rings. The number of aliphatic hydroxyl groups is 4. The van der Waals surface area contributed by atoms with Gasteiger partial charge < -0.3 is 29.9 Å². The molecular weight excluding hydrogens is 288 g/mol. The maximum atomic E-state index is 10.1. The van der Waals surface area contributed by atoms with Gasteiger partial charge in [-0.3, -0.25) is 0 Å². The van der Waals surface area contributed by atoms with Crippen molar-refractivity contribution in [1.82, 2.24) is 0 Å². The Labute approximate surface area is 126 Å². The summed E-state index contributed by atoms with van der Waals surface area (Å²) in [7, 11) is 0. The molecule has 5 rings (SSSR count). The molecule has 4 bridgehead atoms. The van der Waals surface area contributed by atoms with Crippen LogP contribution >= 0.6 is 0 Å². The molecule has 6 heteroatoms. The highest BCUT2D eigenvalue weighted by Gasteiger charge is 2.58. The summed E-state index contributed by atoms with van der Waals surface area (Å²) in [6.07, 6.45) is -5.82. The van der Waals surface area contributed by atoms with Gasteiger partial charge in [-0.2, -0.15) is 0 Å². The molecule has 4 aliphatic heterocycles. The largest absolute Gasteiger partial charge is 0.387 e. The first-order valence-electron chi connectivity index (χ1n) is 7.63. The van der Waals surface area contributed by atoms with Gasteiger partial charge in [-0.25, -0.2) is 0 Å². The van der Waals surface area contributed by atoms with Gasteiger partial charge >= 0.3 is 0 Å². The third-order valence-electron chi connectivity index (χ3n) is 5.86. The Morgan fingerprint density at radius 1 is 0.545 bits per heavy atom. The highest BCUT2D eigenvalue weighted by molar-refractivity contribution is 5.60. The third kappa shape index (κ3) is 1.22. The fraction of sp³-hybridized carbons (Fsp3) is 0.625. The van der Waals surface area contributed by atoms with E-state index in [1.54, 1.807) is 0 Å². The predicted octanol–water partition coefficient (Wildman–Crippen LogP) is -0.000960. The Bertz CT molecular complexity index is 588. The third-order valence-corrected chi connectivity index (χ3v) is 5.86. The van der Waals surface area contributed by atoms with Crippen molar-refractivity contribution < 1.29 is 29.9 Å². The first-order valence-corrected chi connectivity index (χ1v) is 7.63. The number of hydrogen-bond acceptors (Lipinski definition) is 6. The summed E-state index contributed by atoms with van der Waals surface area (Å²) in [5, 5.41) is 40.5. The van der Waals surface area contributed by atoms with Crippen molar-refractivity contribution in [1.29, 1.82) is 0 Å². The highest BCUT2D eigenvalue weighted by Crippen LogP contribution is 2.60. The molecule has 118 valence electrons. The van der Waals surface area contributed by atoms with Crippen LogP contribution in [0.1, 0.15) is 57.8 Å². The van der Waals surface area contributed by atoms with Crippen LogP contribution in [0.25, 0.3) is 0 Å². The summed E-state index contributed by atoms with van der Waals surface area (Å²) in [4.78, 5) is 0. The van der Waals surface area contributed by atoms with E-state index in [1.165, 1.54) is 0 Å². The van der Waals surface area contributed by atoms with E-state index in [-0.39, 0.29) is 0 Å². The van der Waals surface area contributed by atoms with Crippen LogP contribution in [-0.2, 0) is 9.47 Å². The van der Waals surface area contributed by atoms with E-state index < -0.39 is 48.8 Å². The minimum atomic E-state index is -0.927. The Kier molecular flexibility index (Phi) is 2.38. The first-order chi connectivity index (χ1) is 10.4. The minimum Gasteiger partial charge on any atom is -0.387 e. The number of aliphatic hydroxyl groups excluding tert-OH is 4. The van der Waals surface area contributed by atoms with E-state index in [4.69, 9.17) is 9.47 Å². The first kappa shape index (κ1) is 13.4. The number of hydrogen-bond donors (Lipinski definition) is 4. The lowest BCUT2D eigenvalue weighted by Crippen LogP contribution is -2.35. The molecule has 0 spiro atoms. The van der Waals surface area contributed by atoms with Gasteiger partial charge in [0.1, 0.15) is 48.8 Å². The monoisotopic (exact) mass is 306 g/mol. The summed E-state index contributed by atoms with van der Waals surface area (Å²) >= 11 is 0. The van der Waals surface area contributed by atoms with Crippen molar-refractivity contribution in [3.05, 3.63) is 33.4 Å². The van der Waals surface area contributed by atoms with Crippen molar-refractivity contribution in [3.63, 3.8) is 0 Å². The van der Waals surface area contributed by atoms with Gasteiger partial charge in [0, 0.05) is 0 Å². The van der Waals surface area contributed by atoms with Crippen LogP contribution in [0.2, 0.25) is 0 Å². The number of benzene rings is 1. The maximum Gasteiger partial charge on any atom is 0.113 e. The zero-order valence-electron chi connectivity index (χ0n) is 12.2. The quantitative estimate of drug-likeness (QED) is 0.538. The Hall–Kier alpha value is -1.02. The summed E-state index contributed by atoms with van der Waals surface area (Å²) in [5.74, 6) is 0. The second-order valence-electron chi connectivity index (χ2n) is 6.82. The molecule has 4 heterocycles. The van der Waals surface area contributed by atoms with Gasteiger partial charge in [0.05, 0.1) is 0 Å². The summed E-state index contributed by atoms with van der Waals surface area (Å²) in [6, 6.07) is 0.